The van der Waals surface area contributed by atoms with Crippen molar-refractivity contribution in [3.8, 4) is 0 Å². The first-order chi connectivity index (χ1) is 12.5. The third-order valence-electron chi connectivity index (χ3n) is 4.77. The van der Waals surface area contributed by atoms with E-state index in [0.717, 1.165) is 22.2 Å². The lowest BCUT2D eigenvalue weighted by Gasteiger charge is -2.22. The van der Waals surface area contributed by atoms with Gasteiger partial charge in [0.05, 0.1) is 12.1 Å². The van der Waals surface area contributed by atoms with Gasteiger partial charge in [0.2, 0.25) is 0 Å². The SMILES string of the molecule is Cc1cc(CN2C(=O)N[C@](C)(c3cccnc3)C2=O)c2ccccc2n1. The Morgan fingerprint density at radius 3 is 2.73 bits per heavy atom. The molecule has 3 heterocycles. The lowest BCUT2D eigenvalue weighted by molar-refractivity contribution is -0.131. The van der Waals surface area contributed by atoms with Gasteiger partial charge in [-0.3, -0.25) is 19.7 Å². The van der Waals surface area contributed by atoms with Crippen LogP contribution in [0.1, 0.15) is 23.7 Å². The van der Waals surface area contributed by atoms with Gasteiger partial charge >= 0.3 is 6.03 Å². The summed E-state index contributed by atoms with van der Waals surface area (Å²) >= 11 is 0. The van der Waals surface area contributed by atoms with Crippen molar-refractivity contribution in [2.75, 3.05) is 0 Å². The molecule has 0 aliphatic carbocycles. The van der Waals surface area contributed by atoms with Crippen LogP contribution in [0.2, 0.25) is 0 Å². The molecule has 0 radical (unpaired) electrons. The highest BCUT2D eigenvalue weighted by molar-refractivity contribution is 6.07. The molecule has 1 saturated heterocycles. The van der Waals surface area contributed by atoms with Gasteiger partial charge < -0.3 is 5.32 Å². The van der Waals surface area contributed by atoms with E-state index >= 15 is 0 Å². The van der Waals surface area contributed by atoms with Crippen LogP contribution in [-0.4, -0.2) is 26.8 Å². The van der Waals surface area contributed by atoms with Crippen molar-refractivity contribution in [3.63, 3.8) is 0 Å². The van der Waals surface area contributed by atoms with Gasteiger partial charge in [-0.05, 0) is 37.6 Å². The van der Waals surface area contributed by atoms with E-state index in [2.05, 4.69) is 15.3 Å². The van der Waals surface area contributed by atoms with Crippen molar-refractivity contribution in [1.29, 1.82) is 0 Å². The fourth-order valence-corrected chi connectivity index (χ4v) is 3.39. The molecule has 0 spiro atoms. The highest BCUT2D eigenvalue weighted by atomic mass is 16.2. The Morgan fingerprint density at radius 1 is 1.15 bits per heavy atom. The van der Waals surface area contributed by atoms with Crippen LogP contribution in [0.25, 0.3) is 10.9 Å². The summed E-state index contributed by atoms with van der Waals surface area (Å²) in [5, 5.41) is 3.75. The molecule has 6 nitrogen and oxygen atoms in total. The van der Waals surface area contributed by atoms with E-state index in [4.69, 9.17) is 0 Å². The quantitative estimate of drug-likeness (QED) is 0.740. The summed E-state index contributed by atoms with van der Waals surface area (Å²) in [4.78, 5) is 35.5. The van der Waals surface area contributed by atoms with Crippen molar-refractivity contribution >= 4 is 22.8 Å². The summed E-state index contributed by atoms with van der Waals surface area (Å²) < 4.78 is 0. The summed E-state index contributed by atoms with van der Waals surface area (Å²) in [5.41, 5.74) is 2.15. The Morgan fingerprint density at radius 2 is 1.96 bits per heavy atom. The molecular formula is C20H18N4O2. The molecular weight excluding hydrogens is 328 g/mol. The van der Waals surface area contributed by atoms with Gasteiger partial charge in [0, 0.05) is 29.0 Å². The van der Waals surface area contributed by atoms with Gasteiger partial charge in [0.1, 0.15) is 5.54 Å². The third-order valence-corrected chi connectivity index (χ3v) is 4.77. The van der Waals surface area contributed by atoms with Gasteiger partial charge in [0.25, 0.3) is 5.91 Å². The molecule has 1 aromatic carbocycles. The minimum absolute atomic E-state index is 0.199. The number of amides is 3. The summed E-state index contributed by atoms with van der Waals surface area (Å²) in [5.74, 6) is -0.283. The largest absolute Gasteiger partial charge is 0.325 e. The van der Waals surface area contributed by atoms with Crippen LogP contribution in [0.5, 0.6) is 0 Å². The number of hydrogen-bond acceptors (Lipinski definition) is 4. The first-order valence-corrected chi connectivity index (χ1v) is 8.39. The number of para-hydroxylation sites is 1. The molecule has 130 valence electrons. The summed E-state index contributed by atoms with van der Waals surface area (Å²) in [6.07, 6.45) is 3.24. The second kappa shape index (κ2) is 5.91. The number of aromatic nitrogens is 2. The molecule has 0 unspecified atom stereocenters. The van der Waals surface area contributed by atoms with Crippen LogP contribution < -0.4 is 5.32 Å². The number of nitrogens with one attached hydrogen (secondary N) is 1. The Balaban J connectivity index is 1.72. The van der Waals surface area contributed by atoms with E-state index in [1.54, 1.807) is 31.5 Å². The van der Waals surface area contributed by atoms with Gasteiger partial charge in [0.15, 0.2) is 0 Å². The minimum Gasteiger partial charge on any atom is -0.319 e. The predicted octanol–water partition coefficient (Wildman–Crippen LogP) is 2.91. The first-order valence-electron chi connectivity index (χ1n) is 8.39. The molecule has 2 aromatic heterocycles. The smallest absolute Gasteiger partial charge is 0.319 e. The molecule has 1 fully saturated rings. The number of hydrogen-bond donors (Lipinski definition) is 1. The normalized spacial score (nSPS) is 19.8. The molecule has 3 amide bonds. The van der Waals surface area contributed by atoms with E-state index in [1.165, 1.54) is 4.90 Å². The number of pyridine rings is 2. The molecule has 26 heavy (non-hydrogen) atoms. The molecule has 0 bridgehead atoms. The van der Waals surface area contributed by atoms with E-state index in [-0.39, 0.29) is 12.5 Å². The Hall–Kier alpha value is -3.28. The second-order valence-corrected chi connectivity index (χ2v) is 6.63. The lowest BCUT2D eigenvalue weighted by Crippen LogP contribution is -2.40. The van der Waals surface area contributed by atoms with Gasteiger partial charge in [-0.1, -0.05) is 24.3 Å². The van der Waals surface area contributed by atoms with E-state index in [9.17, 15) is 9.59 Å². The van der Waals surface area contributed by atoms with Crippen LogP contribution in [0, 0.1) is 6.92 Å². The zero-order chi connectivity index (χ0) is 18.3. The average Bonchev–Trinajstić information content (AvgIpc) is 2.86. The summed E-state index contributed by atoms with van der Waals surface area (Å²) in [6, 6.07) is 12.8. The minimum atomic E-state index is -1.11. The van der Waals surface area contributed by atoms with Gasteiger partial charge in [-0.25, -0.2) is 4.79 Å². The number of aryl methyl sites for hydroxylation is 1. The molecule has 6 heteroatoms. The zero-order valence-corrected chi connectivity index (χ0v) is 14.6. The van der Waals surface area contributed by atoms with Gasteiger partial charge in [-0.2, -0.15) is 0 Å². The number of imide groups is 1. The highest BCUT2D eigenvalue weighted by Gasteiger charge is 2.49. The maximum atomic E-state index is 13.1. The van der Waals surface area contributed by atoms with Crippen molar-refractivity contribution in [3.05, 3.63) is 71.7 Å². The average molecular weight is 346 g/mol. The Kier molecular flexibility index (Phi) is 3.68. The Labute approximate surface area is 150 Å². The lowest BCUT2D eigenvalue weighted by atomic mass is 9.93. The zero-order valence-electron chi connectivity index (χ0n) is 14.6. The maximum Gasteiger partial charge on any atom is 0.325 e. The topological polar surface area (TPSA) is 75.2 Å². The third kappa shape index (κ3) is 2.50. The van der Waals surface area contributed by atoms with Crippen molar-refractivity contribution < 1.29 is 9.59 Å². The molecule has 4 rings (SSSR count). The number of fused-ring (bicyclic) bond motifs is 1. The molecule has 1 atom stereocenters. The molecule has 3 aromatic rings. The standard InChI is InChI=1S/C20H18N4O2/c1-13-10-14(16-7-3-4-8-17(16)22-13)12-24-18(25)20(2,23-19(24)26)15-6-5-9-21-11-15/h3-11H,12H2,1-2H3,(H,23,26)/t20-/m1/s1. The van der Waals surface area contributed by atoms with E-state index in [0.29, 0.717) is 5.56 Å². The molecule has 1 aliphatic rings. The van der Waals surface area contributed by atoms with Crippen LogP contribution in [0.4, 0.5) is 4.79 Å². The number of benzene rings is 1. The monoisotopic (exact) mass is 346 g/mol. The van der Waals surface area contributed by atoms with E-state index < -0.39 is 11.6 Å². The van der Waals surface area contributed by atoms with Crippen LogP contribution >= 0.6 is 0 Å². The molecule has 1 N–H and O–H groups in total. The number of carbonyl (C=O) groups excluding carboxylic acids is 2. The van der Waals surface area contributed by atoms with Crippen molar-refractivity contribution in [2.24, 2.45) is 0 Å². The maximum absolute atomic E-state index is 13.1. The number of urea groups is 1. The molecule has 0 saturated carbocycles. The first kappa shape index (κ1) is 16.2. The predicted molar refractivity (Wildman–Crippen MR) is 97.2 cm³/mol. The summed E-state index contributed by atoms with van der Waals surface area (Å²) in [6.45, 7) is 3.81. The summed E-state index contributed by atoms with van der Waals surface area (Å²) in [7, 11) is 0. The van der Waals surface area contributed by atoms with Crippen LogP contribution in [0.15, 0.2) is 54.9 Å². The Bertz CT molecular complexity index is 1020. The van der Waals surface area contributed by atoms with Crippen molar-refractivity contribution in [1.82, 2.24) is 20.2 Å². The molecule has 1 aliphatic heterocycles. The second-order valence-electron chi connectivity index (χ2n) is 6.63. The van der Waals surface area contributed by atoms with Crippen LogP contribution in [-0.2, 0) is 16.9 Å². The number of nitrogens with zero attached hydrogens (tertiary/aromatic N) is 3. The fourth-order valence-electron chi connectivity index (χ4n) is 3.39. The van der Waals surface area contributed by atoms with Crippen molar-refractivity contribution in [2.45, 2.75) is 25.9 Å². The van der Waals surface area contributed by atoms with Gasteiger partial charge in [-0.15, -0.1) is 0 Å². The van der Waals surface area contributed by atoms with Crippen LogP contribution in [0.3, 0.4) is 0 Å². The number of rotatable bonds is 3. The highest BCUT2D eigenvalue weighted by Crippen LogP contribution is 2.30. The number of carbonyl (C=O) groups is 2. The fraction of sp³-hybridized carbons (Fsp3) is 0.200. The van der Waals surface area contributed by atoms with E-state index in [1.807, 2.05) is 37.3 Å².